The number of thiophene rings is 1. The van der Waals surface area contributed by atoms with E-state index in [-0.39, 0.29) is 5.78 Å². The van der Waals surface area contributed by atoms with Gasteiger partial charge in [0.15, 0.2) is 0 Å². The summed E-state index contributed by atoms with van der Waals surface area (Å²) in [5, 5.41) is 0. The Morgan fingerprint density at radius 2 is 2.00 bits per heavy atom. The molecule has 2 nitrogen and oxygen atoms in total. The quantitative estimate of drug-likeness (QED) is 0.703. The molecule has 1 aromatic carbocycles. The van der Waals surface area contributed by atoms with E-state index in [2.05, 4.69) is 31.9 Å². The first-order chi connectivity index (χ1) is 8.52. The SMILES string of the molecule is COc1cc(Br)ccc1C(=O)c1cc(C)c(Br)s1. The van der Waals surface area contributed by atoms with Crippen molar-refractivity contribution in [2.24, 2.45) is 0 Å². The minimum absolute atomic E-state index is 0.0156. The minimum atomic E-state index is -0.0156. The van der Waals surface area contributed by atoms with E-state index in [1.165, 1.54) is 11.3 Å². The fourth-order valence-electron chi connectivity index (χ4n) is 1.56. The maximum Gasteiger partial charge on any atom is 0.206 e. The number of rotatable bonds is 3. The largest absolute Gasteiger partial charge is 0.496 e. The molecule has 0 radical (unpaired) electrons. The molecular formula is C13H10Br2O2S. The van der Waals surface area contributed by atoms with Crippen LogP contribution in [0.25, 0.3) is 0 Å². The van der Waals surface area contributed by atoms with Crippen molar-refractivity contribution in [2.75, 3.05) is 7.11 Å². The Kier molecular flexibility index (Phi) is 4.25. The van der Waals surface area contributed by atoms with Gasteiger partial charge in [-0.05, 0) is 52.7 Å². The van der Waals surface area contributed by atoms with Crippen molar-refractivity contribution in [3.05, 3.63) is 48.5 Å². The van der Waals surface area contributed by atoms with Crippen LogP contribution in [0.1, 0.15) is 20.8 Å². The smallest absolute Gasteiger partial charge is 0.206 e. The molecule has 0 bridgehead atoms. The zero-order chi connectivity index (χ0) is 13.3. The van der Waals surface area contributed by atoms with Crippen LogP contribution in [0.15, 0.2) is 32.5 Å². The fraction of sp³-hybridized carbons (Fsp3) is 0.154. The summed E-state index contributed by atoms with van der Waals surface area (Å²) in [6.45, 7) is 1.97. The number of aryl methyl sites for hydroxylation is 1. The van der Waals surface area contributed by atoms with Gasteiger partial charge >= 0.3 is 0 Å². The predicted octanol–water partition coefficient (Wildman–Crippen LogP) is 4.82. The molecular weight excluding hydrogens is 380 g/mol. The average Bonchev–Trinajstić information content (AvgIpc) is 2.68. The molecule has 0 saturated carbocycles. The van der Waals surface area contributed by atoms with Crippen molar-refractivity contribution < 1.29 is 9.53 Å². The number of carbonyl (C=O) groups excluding carboxylic acids is 1. The Bertz CT molecular complexity index is 586. The van der Waals surface area contributed by atoms with Crippen LogP contribution in [0.4, 0.5) is 0 Å². The molecule has 0 aliphatic rings. The highest BCUT2D eigenvalue weighted by atomic mass is 79.9. The molecule has 5 heteroatoms. The van der Waals surface area contributed by atoms with Gasteiger partial charge in [0.2, 0.25) is 5.78 Å². The lowest BCUT2D eigenvalue weighted by Gasteiger charge is -2.06. The van der Waals surface area contributed by atoms with Crippen LogP contribution in [-0.2, 0) is 0 Å². The Labute approximate surface area is 126 Å². The first-order valence-electron chi connectivity index (χ1n) is 5.17. The zero-order valence-corrected chi connectivity index (χ0v) is 13.8. The molecule has 1 heterocycles. The molecule has 94 valence electrons. The molecule has 0 amide bonds. The third kappa shape index (κ3) is 2.68. The second-order valence-corrected chi connectivity index (χ2v) is 7.03. The van der Waals surface area contributed by atoms with Crippen molar-refractivity contribution in [1.82, 2.24) is 0 Å². The van der Waals surface area contributed by atoms with Gasteiger partial charge in [0.25, 0.3) is 0 Å². The van der Waals surface area contributed by atoms with E-state index in [9.17, 15) is 4.79 Å². The van der Waals surface area contributed by atoms with Crippen LogP contribution in [0.3, 0.4) is 0 Å². The third-order valence-corrected chi connectivity index (χ3v) is 5.12. The monoisotopic (exact) mass is 388 g/mol. The number of carbonyl (C=O) groups is 1. The highest BCUT2D eigenvalue weighted by molar-refractivity contribution is 9.11. The van der Waals surface area contributed by atoms with Gasteiger partial charge in [-0.25, -0.2) is 0 Å². The lowest BCUT2D eigenvalue weighted by molar-refractivity contribution is 0.103. The maximum absolute atomic E-state index is 12.4. The predicted molar refractivity (Wildman–Crippen MR) is 80.9 cm³/mol. The summed E-state index contributed by atoms with van der Waals surface area (Å²) in [6, 6.07) is 7.29. The van der Waals surface area contributed by atoms with Crippen molar-refractivity contribution in [3.8, 4) is 5.75 Å². The third-order valence-electron chi connectivity index (χ3n) is 2.49. The molecule has 1 aromatic heterocycles. The molecule has 0 N–H and O–H groups in total. The van der Waals surface area contributed by atoms with Gasteiger partial charge in [-0.1, -0.05) is 15.9 Å². The lowest BCUT2D eigenvalue weighted by Crippen LogP contribution is -2.01. The second kappa shape index (κ2) is 5.55. The second-order valence-electron chi connectivity index (χ2n) is 3.74. The molecule has 0 aliphatic carbocycles. The number of hydrogen-bond acceptors (Lipinski definition) is 3. The molecule has 0 spiro atoms. The van der Waals surface area contributed by atoms with Gasteiger partial charge in [0, 0.05) is 4.47 Å². The van der Waals surface area contributed by atoms with Gasteiger partial charge in [0.05, 0.1) is 21.3 Å². The standard InChI is InChI=1S/C13H10Br2O2S/c1-7-5-11(18-13(7)15)12(16)9-4-3-8(14)6-10(9)17-2/h3-6H,1-2H3. The Morgan fingerprint density at radius 3 is 2.56 bits per heavy atom. The van der Waals surface area contributed by atoms with E-state index in [1.54, 1.807) is 19.2 Å². The minimum Gasteiger partial charge on any atom is -0.496 e. The Balaban J connectivity index is 2.45. The first kappa shape index (κ1) is 13.8. The number of benzene rings is 1. The van der Waals surface area contributed by atoms with E-state index in [0.717, 1.165) is 13.8 Å². The normalized spacial score (nSPS) is 10.4. The summed E-state index contributed by atoms with van der Waals surface area (Å²) in [5.41, 5.74) is 1.65. The molecule has 0 aliphatic heterocycles. The summed E-state index contributed by atoms with van der Waals surface area (Å²) < 4.78 is 7.12. The fourth-order valence-corrected chi connectivity index (χ4v) is 3.39. The Hall–Kier alpha value is -0.650. The molecule has 0 unspecified atom stereocenters. The molecule has 2 aromatic rings. The van der Waals surface area contributed by atoms with Crippen molar-refractivity contribution in [2.45, 2.75) is 6.92 Å². The van der Waals surface area contributed by atoms with Crippen LogP contribution in [0, 0.1) is 6.92 Å². The van der Waals surface area contributed by atoms with E-state index >= 15 is 0 Å². The van der Waals surface area contributed by atoms with Crippen molar-refractivity contribution in [1.29, 1.82) is 0 Å². The topological polar surface area (TPSA) is 26.3 Å². The van der Waals surface area contributed by atoms with Gasteiger partial charge < -0.3 is 4.74 Å². The first-order valence-corrected chi connectivity index (χ1v) is 7.57. The average molecular weight is 390 g/mol. The van der Waals surface area contributed by atoms with Crippen LogP contribution in [0.2, 0.25) is 0 Å². The molecule has 0 saturated heterocycles. The lowest BCUT2D eigenvalue weighted by atomic mass is 10.1. The summed E-state index contributed by atoms with van der Waals surface area (Å²) >= 11 is 8.23. The van der Waals surface area contributed by atoms with E-state index < -0.39 is 0 Å². The van der Waals surface area contributed by atoms with Gasteiger partial charge in [-0.2, -0.15) is 0 Å². The number of halogens is 2. The van der Waals surface area contributed by atoms with Crippen LogP contribution < -0.4 is 4.74 Å². The van der Waals surface area contributed by atoms with E-state index in [0.29, 0.717) is 16.2 Å². The highest BCUT2D eigenvalue weighted by Crippen LogP contribution is 2.32. The van der Waals surface area contributed by atoms with Crippen molar-refractivity contribution >= 4 is 49.0 Å². The summed E-state index contributed by atoms with van der Waals surface area (Å²) in [5.74, 6) is 0.565. The number of hydrogen-bond donors (Lipinski definition) is 0. The number of methoxy groups -OCH3 is 1. The number of ketones is 1. The summed E-state index contributed by atoms with van der Waals surface area (Å²) in [7, 11) is 1.56. The molecule has 2 rings (SSSR count). The van der Waals surface area contributed by atoms with Crippen LogP contribution in [0.5, 0.6) is 5.75 Å². The van der Waals surface area contributed by atoms with Gasteiger partial charge in [-0.15, -0.1) is 11.3 Å². The Morgan fingerprint density at radius 1 is 1.28 bits per heavy atom. The summed E-state index contributed by atoms with van der Waals surface area (Å²) in [4.78, 5) is 13.1. The van der Waals surface area contributed by atoms with E-state index in [1.807, 2.05) is 19.1 Å². The molecule has 0 fully saturated rings. The highest BCUT2D eigenvalue weighted by Gasteiger charge is 2.17. The zero-order valence-electron chi connectivity index (χ0n) is 9.79. The molecule has 0 atom stereocenters. The maximum atomic E-state index is 12.4. The van der Waals surface area contributed by atoms with Crippen molar-refractivity contribution in [3.63, 3.8) is 0 Å². The summed E-state index contributed by atoms with van der Waals surface area (Å²) in [6.07, 6.45) is 0. The van der Waals surface area contributed by atoms with E-state index in [4.69, 9.17) is 4.74 Å². The van der Waals surface area contributed by atoms with Gasteiger partial charge in [-0.3, -0.25) is 4.79 Å². The van der Waals surface area contributed by atoms with Crippen LogP contribution in [-0.4, -0.2) is 12.9 Å². The van der Waals surface area contributed by atoms with Gasteiger partial charge in [0.1, 0.15) is 5.75 Å². The molecule has 18 heavy (non-hydrogen) atoms. The van der Waals surface area contributed by atoms with Crippen LogP contribution >= 0.6 is 43.2 Å². The number of ether oxygens (including phenoxy) is 1.